The molecule has 7 nitrogen and oxygen atoms in total. The van der Waals surface area contributed by atoms with Gasteiger partial charge in [-0.2, -0.15) is 5.10 Å². The molecule has 0 atom stereocenters. The summed E-state index contributed by atoms with van der Waals surface area (Å²) in [6, 6.07) is 14.6. The number of aromatic nitrogens is 2. The number of benzene rings is 2. The van der Waals surface area contributed by atoms with E-state index in [1.807, 2.05) is 36.7 Å². The van der Waals surface area contributed by atoms with E-state index < -0.39 is 0 Å². The number of nitrogens with one attached hydrogen (secondary N) is 1. The van der Waals surface area contributed by atoms with Crippen molar-refractivity contribution in [1.82, 2.24) is 15.1 Å². The van der Waals surface area contributed by atoms with E-state index in [1.165, 1.54) is 11.1 Å². The van der Waals surface area contributed by atoms with Crippen molar-refractivity contribution in [3.05, 3.63) is 82.2 Å². The standard InChI is InChI=1S/C29H33N3O4/c1-20-4-6-23(7-5-20)17-32-22(3)25(21(2)31-32)9-11-28(33)30-18-29(12-14-34-15-13-29)24-8-10-26-27(16-24)36-19-35-26/h4-11,16H,12-15,17-19H2,1-3H3,(H,30,33)/b11-9+. The fraction of sp³-hybridized carbons (Fsp3) is 0.379. The van der Waals surface area contributed by atoms with E-state index in [4.69, 9.17) is 19.3 Å². The van der Waals surface area contributed by atoms with Gasteiger partial charge in [0, 0.05) is 42.5 Å². The smallest absolute Gasteiger partial charge is 0.244 e. The number of amides is 1. The molecule has 188 valence electrons. The molecule has 0 radical (unpaired) electrons. The van der Waals surface area contributed by atoms with Crippen LogP contribution in [0.2, 0.25) is 0 Å². The summed E-state index contributed by atoms with van der Waals surface area (Å²) in [6.07, 6.45) is 5.15. The molecule has 0 spiro atoms. The van der Waals surface area contributed by atoms with E-state index in [-0.39, 0.29) is 18.1 Å². The van der Waals surface area contributed by atoms with Crippen LogP contribution in [0.1, 0.15) is 46.5 Å². The van der Waals surface area contributed by atoms with Gasteiger partial charge in [0.05, 0.1) is 12.2 Å². The molecule has 0 saturated carbocycles. The van der Waals surface area contributed by atoms with Crippen molar-refractivity contribution in [3.63, 3.8) is 0 Å². The molecule has 0 bridgehead atoms. The van der Waals surface area contributed by atoms with Gasteiger partial charge < -0.3 is 19.5 Å². The number of aryl methyl sites for hydroxylation is 2. The number of rotatable bonds is 7. The lowest BCUT2D eigenvalue weighted by molar-refractivity contribution is -0.116. The van der Waals surface area contributed by atoms with Crippen LogP contribution in [-0.4, -0.2) is 42.2 Å². The van der Waals surface area contributed by atoms with Gasteiger partial charge in [0.25, 0.3) is 0 Å². The van der Waals surface area contributed by atoms with Crippen molar-refractivity contribution in [2.45, 2.75) is 45.6 Å². The van der Waals surface area contributed by atoms with Crippen molar-refractivity contribution in [1.29, 1.82) is 0 Å². The molecule has 3 heterocycles. The van der Waals surface area contributed by atoms with Crippen LogP contribution in [0, 0.1) is 20.8 Å². The van der Waals surface area contributed by atoms with Gasteiger partial charge in [-0.25, -0.2) is 0 Å². The summed E-state index contributed by atoms with van der Waals surface area (Å²) in [4.78, 5) is 12.9. The maximum absolute atomic E-state index is 12.9. The molecule has 1 amide bonds. The summed E-state index contributed by atoms with van der Waals surface area (Å²) in [7, 11) is 0. The van der Waals surface area contributed by atoms with Crippen LogP contribution in [0.15, 0.2) is 48.5 Å². The van der Waals surface area contributed by atoms with Crippen LogP contribution in [-0.2, 0) is 21.5 Å². The molecule has 0 unspecified atom stereocenters. The lowest BCUT2D eigenvalue weighted by Gasteiger charge is -2.38. The van der Waals surface area contributed by atoms with Gasteiger partial charge >= 0.3 is 0 Å². The van der Waals surface area contributed by atoms with Gasteiger partial charge in [-0.1, -0.05) is 35.9 Å². The topological polar surface area (TPSA) is 74.6 Å². The van der Waals surface area contributed by atoms with Gasteiger partial charge in [0.1, 0.15) is 0 Å². The van der Waals surface area contributed by atoms with Crippen molar-refractivity contribution in [2.75, 3.05) is 26.6 Å². The highest BCUT2D eigenvalue weighted by molar-refractivity contribution is 5.92. The molecule has 2 aromatic carbocycles. The Morgan fingerprint density at radius 1 is 1.06 bits per heavy atom. The molecule has 0 aliphatic carbocycles. The Labute approximate surface area is 212 Å². The molecule has 5 rings (SSSR count). The number of carbonyl (C=O) groups is 1. The van der Waals surface area contributed by atoms with E-state index in [1.54, 1.807) is 6.08 Å². The normalized spacial score (nSPS) is 16.4. The van der Waals surface area contributed by atoms with Crippen LogP contribution >= 0.6 is 0 Å². The number of hydrogen-bond donors (Lipinski definition) is 1. The van der Waals surface area contributed by atoms with Crippen LogP contribution in [0.25, 0.3) is 6.08 Å². The highest BCUT2D eigenvalue weighted by Crippen LogP contribution is 2.40. The third-order valence-corrected chi connectivity index (χ3v) is 7.33. The average Bonchev–Trinajstić information content (AvgIpc) is 3.47. The second-order valence-corrected chi connectivity index (χ2v) is 9.74. The quantitative estimate of drug-likeness (QED) is 0.498. The Balaban J connectivity index is 1.27. The summed E-state index contributed by atoms with van der Waals surface area (Å²) in [5, 5.41) is 7.84. The Bertz CT molecular complexity index is 1270. The Morgan fingerprint density at radius 2 is 1.81 bits per heavy atom. The van der Waals surface area contributed by atoms with Crippen molar-refractivity contribution in [2.24, 2.45) is 0 Å². The zero-order valence-corrected chi connectivity index (χ0v) is 21.2. The predicted octanol–water partition coefficient (Wildman–Crippen LogP) is 4.46. The van der Waals surface area contributed by atoms with Crippen LogP contribution in [0.5, 0.6) is 11.5 Å². The van der Waals surface area contributed by atoms with E-state index in [0.29, 0.717) is 26.3 Å². The average molecular weight is 488 g/mol. The largest absolute Gasteiger partial charge is 0.454 e. The third kappa shape index (κ3) is 5.02. The SMILES string of the molecule is Cc1ccc(Cn2nc(C)c(/C=C/C(=O)NCC3(c4ccc5c(c4)OCO5)CCOCC3)c2C)cc1. The fourth-order valence-corrected chi connectivity index (χ4v) is 5.00. The molecule has 1 N–H and O–H groups in total. The molecule has 1 fully saturated rings. The number of hydrogen-bond acceptors (Lipinski definition) is 5. The molecule has 7 heteroatoms. The van der Waals surface area contributed by atoms with E-state index in [2.05, 4.69) is 42.6 Å². The van der Waals surface area contributed by atoms with Crippen molar-refractivity contribution < 1.29 is 19.0 Å². The lowest BCUT2D eigenvalue weighted by atomic mass is 9.74. The minimum absolute atomic E-state index is 0.119. The number of carbonyl (C=O) groups excluding carboxylic acids is 1. The lowest BCUT2D eigenvalue weighted by Crippen LogP contribution is -2.44. The highest BCUT2D eigenvalue weighted by Gasteiger charge is 2.36. The van der Waals surface area contributed by atoms with Gasteiger partial charge in [-0.15, -0.1) is 0 Å². The van der Waals surface area contributed by atoms with Gasteiger partial charge in [0.15, 0.2) is 11.5 Å². The first-order valence-corrected chi connectivity index (χ1v) is 12.5. The summed E-state index contributed by atoms with van der Waals surface area (Å²) in [5.41, 5.74) is 6.31. The number of fused-ring (bicyclic) bond motifs is 1. The highest BCUT2D eigenvalue weighted by atomic mass is 16.7. The molecule has 1 aromatic heterocycles. The maximum atomic E-state index is 12.9. The first-order valence-electron chi connectivity index (χ1n) is 12.5. The second kappa shape index (κ2) is 10.2. The monoisotopic (exact) mass is 487 g/mol. The molecule has 2 aliphatic rings. The van der Waals surface area contributed by atoms with Crippen LogP contribution < -0.4 is 14.8 Å². The minimum Gasteiger partial charge on any atom is -0.454 e. The van der Waals surface area contributed by atoms with E-state index in [9.17, 15) is 4.79 Å². The Morgan fingerprint density at radius 3 is 2.58 bits per heavy atom. The fourth-order valence-electron chi connectivity index (χ4n) is 5.00. The van der Waals surface area contributed by atoms with Crippen molar-refractivity contribution >= 4 is 12.0 Å². The van der Waals surface area contributed by atoms with E-state index in [0.717, 1.165) is 46.9 Å². The van der Waals surface area contributed by atoms with Gasteiger partial charge in [0.2, 0.25) is 12.7 Å². The first kappa shape index (κ1) is 24.1. The first-order chi connectivity index (χ1) is 17.4. The molecule has 36 heavy (non-hydrogen) atoms. The zero-order chi connectivity index (χ0) is 25.1. The van der Waals surface area contributed by atoms with Gasteiger partial charge in [-0.05, 0) is 62.9 Å². The zero-order valence-electron chi connectivity index (χ0n) is 21.2. The summed E-state index contributed by atoms with van der Waals surface area (Å²) in [5.74, 6) is 1.41. The van der Waals surface area contributed by atoms with Crippen LogP contribution in [0.3, 0.4) is 0 Å². The second-order valence-electron chi connectivity index (χ2n) is 9.74. The number of nitrogens with zero attached hydrogens (tertiary/aromatic N) is 2. The molecular formula is C29H33N3O4. The minimum atomic E-state index is -0.201. The predicted molar refractivity (Wildman–Crippen MR) is 138 cm³/mol. The molecule has 2 aliphatic heterocycles. The summed E-state index contributed by atoms with van der Waals surface area (Å²) < 4.78 is 18.7. The summed E-state index contributed by atoms with van der Waals surface area (Å²) >= 11 is 0. The Kier molecular flexibility index (Phi) is 6.83. The molecular weight excluding hydrogens is 454 g/mol. The summed E-state index contributed by atoms with van der Waals surface area (Å²) in [6.45, 7) is 8.92. The molecule has 3 aromatic rings. The van der Waals surface area contributed by atoms with E-state index >= 15 is 0 Å². The van der Waals surface area contributed by atoms with Crippen LogP contribution in [0.4, 0.5) is 0 Å². The third-order valence-electron chi connectivity index (χ3n) is 7.33. The number of ether oxygens (including phenoxy) is 3. The molecule has 1 saturated heterocycles. The van der Waals surface area contributed by atoms with Gasteiger partial charge in [-0.3, -0.25) is 9.48 Å². The Hall–Kier alpha value is -3.58. The maximum Gasteiger partial charge on any atom is 0.244 e. The van der Waals surface area contributed by atoms with Crippen molar-refractivity contribution in [3.8, 4) is 11.5 Å².